The van der Waals surface area contributed by atoms with Crippen molar-refractivity contribution in [2.75, 3.05) is 11.1 Å². The van der Waals surface area contributed by atoms with Crippen LogP contribution >= 0.6 is 15.9 Å². The summed E-state index contributed by atoms with van der Waals surface area (Å²) in [5, 5.41) is 2.88. The average molecular weight is 299 g/mol. The van der Waals surface area contributed by atoms with Crippen molar-refractivity contribution in [3.8, 4) is 0 Å². The SMILES string of the molecule is Cc1cc(Br)cc(N)c1NC(=O)CC(C)(C)C. The maximum Gasteiger partial charge on any atom is 0.224 e. The van der Waals surface area contributed by atoms with Crippen molar-refractivity contribution in [1.82, 2.24) is 0 Å². The van der Waals surface area contributed by atoms with Crippen molar-refractivity contribution in [2.24, 2.45) is 5.41 Å². The van der Waals surface area contributed by atoms with E-state index in [-0.39, 0.29) is 11.3 Å². The third kappa shape index (κ3) is 4.38. The van der Waals surface area contributed by atoms with Crippen molar-refractivity contribution in [2.45, 2.75) is 34.1 Å². The van der Waals surface area contributed by atoms with Crippen LogP contribution in [0.5, 0.6) is 0 Å². The largest absolute Gasteiger partial charge is 0.397 e. The van der Waals surface area contributed by atoms with Crippen LogP contribution in [0.4, 0.5) is 11.4 Å². The molecule has 94 valence electrons. The Labute approximate surface area is 111 Å². The predicted octanol–water partition coefficient (Wildman–Crippen LogP) is 3.71. The number of nitrogens with one attached hydrogen (secondary N) is 1. The van der Waals surface area contributed by atoms with Crippen molar-refractivity contribution in [1.29, 1.82) is 0 Å². The standard InChI is InChI=1S/C13H19BrN2O/c1-8-5-9(14)6-10(15)12(8)16-11(17)7-13(2,3)4/h5-6H,7,15H2,1-4H3,(H,16,17). The Morgan fingerprint density at radius 1 is 1.41 bits per heavy atom. The third-order valence-electron chi connectivity index (χ3n) is 2.29. The van der Waals surface area contributed by atoms with Gasteiger partial charge < -0.3 is 11.1 Å². The fourth-order valence-corrected chi connectivity index (χ4v) is 2.20. The fourth-order valence-electron chi connectivity index (χ4n) is 1.61. The van der Waals surface area contributed by atoms with E-state index in [0.717, 1.165) is 10.0 Å². The molecule has 0 fully saturated rings. The van der Waals surface area contributed by atoms with Crippen LogP contribution in [0.25, 0.3) is 0 Å². The van der Waals surface area contributed by atoms with Gasteiger partial charge in [-0.15, -0.1) is 0 Å². The lowest BCUT2D eigenvalue weighted by Gasteiger charge is -2.18. The molecule has 3 nitrogen and oxygen atoms in total. The second kappa shape index (κ2) is 5.08. The molecule has 17 heavy (non-hydrogen) atoms. The maximum absolute atomic E-state index is 11.8. The topological polar surface area (TPSA) is 55.1 Å². The monoisotopic (exact) mass is 298 g/mol. The van der Waals surface area contributed by atoms with Gasteiger partial charge in [-0.25, -0.2) is 0 Å². The first-order valence-corrected chi connectivity index (χ1v) is 6.34. The molecule has 1 aromatic carbocycles. The first-order valence-electron chi connectivity index (χ1n) is 5.54. The van der Waals surface area contributed by atoms with Crippen molar-refractivity contribution >= 4 is 33.2 Å². The van der Waals surface area contributed by atoms with Gasteiger partial charge in [0.25, 0.3) is 0 Å². The van der Waals surface area contributed by atoms with E-state index in [0.29, 0.717) is 17.8 Å². The van der Waals surface area contributed by atoms with E-state index in [1.165, 1.54) is 0 Å². The molecule has 0 spiro atoms. The normalized spacial score (nSPS) is 11.4. The number of hydrogen-bond acceptors (Lipinski definition) is 2. The van der Waals surface area contributed by atoms with E-state index in [1.54, 1.807) is 6.07 Å². The summed E-state index contributed by atoms with van der Waals surface area (Å²) >= 11 is 3.37. The number of anilines is 2. The van der Waals surface area contributed by atoms with Gasteiger partial charge in [-0.2, -0.15) is 0 Å². The summed E-state index contributed by atoms with van der Waals surface area (Å²) in [6, 6.07) is 3.72. The zero-order valence-electron chi connectivity index (χ0n) is 10.7. The van der Waals surface area contributed by atoms with Gasteiger partial charge in [-0.05, 0) is 30.0 Å². The molecule has 4 heteroatoms. The molecule has 0 aliphatic heterocycles. The van der Waals surface area contributed by atoms with Gasteiger partial charge in [0.1, 0.15) is 0 Å². The molecule has 1 amide bonds. The van der Waals surface area contributed by atoms with Crippen molar-refractivity contribution in [3.05, 3.63) is 22.2 Å². The number of halogens is 1. The van der Waals surface area contributed by atoms with Crippen LogP contribution in [-0.4, -0.2) is 5.91 Å². The molecule has 0 saturated carbocycles. The predicted molar refractivity (Wildman–Crippen MR) is 76.0 cm³/mol. The minimum atomic E-state index is -0.0257. The molecule has 3 N–H and O–H groups in total. The Balaban J connectivity index is 2.86. The van der Waals surface area contributed by atoms with Crippen LogP contribution in [0.2, 0.25) is 0 Å². The highest BCUT2D eigenvalue weighted by Crippen LogP contribution is 2.28. The van der Waals surface area contributed by atoms with Crippen LogP contribution in [0.3, 0.4) is 0 Å². The Morgan fingerprint density at radius 3 is 2.47 bits per heavy atom. The number of benzene rings is 1. The Kier molecular flexibility index (Phi) is 4.20. The highest BCUT2D eigenvalue weighted by molar-refractivity contribution is 9.10. The number of aryl methyl sites for hydroxylation is 1. The molecule has 0 saturated heterocycles. The Morgan fingerprint density at radius 2 is 2.00 bits per heavy atom. The first kappa shape index (κ1) is 14.0. The van der Waals surface area contributed by atoms with Gasteiger partial charge in [-0.3, -0.25) is 4.79 Å². The van der Waals surface area contributed by atoms with Crippen LogP contribution < -0.4 is 11.1 Å². The summed E-state index contributed by atoms with van der Waals surface area (Å²) in [4.78, 5) is 11.8. The lowest BCUT2D eigenvalue weighted by Crippen LogP contribution is -2.20. The highest BCUT2D eigenvalue weighted by Gasteiger charge is 2.17. The number of amides is 1. The molecular formula is C13H19BrN2O. The minimum absolute atomic E-state index is 0.00498. The van der Waals surface area contributed by atoms with Crippen LogP contribution in [0.1, 0.15) is 32.8 Å². The van der Waals surface area contributed by atoms with Gasteiger partial charge in [0.15, 0.2) is 0 Å². The maximum atomic E-state index is 11.8. The summed E-state index contributed by atoms with van der Waals surface area (Å²) < 4.78 is 0.918. The molecule has 0 radical (unpaired) electrons. The molecule has 0 aliphatic rings. The van der Waals surface area contributed by atoms with E-state index < -0.39 is 0 Å². The number of carbonyl (C=O) groups excluding carboxylic acids is 1. The minimum Gasteiger partial charge on any atom is -0.397 e. The molecule has 0 aromatic heterocycles. The van der Waals surface area contributed by atoms with Crippen molar-refractivity contribution in [3.63, 3.8) is 0 Å². The molecule has 1 aromatic rings. The van der Waals surface area contributed by atoms with E-state index >= 15 is 0 Å². The lowest BCUT2D eigenvalue weighted by molar-refractivity contribution is -0.117. The van der Waals surface area contributed by atoms with Crippen molar-refractivity contribution < 1.29 is 4.79 Å². The quantitative estimate of drug-likeness (QED) is 0.818. The molecule has 0 aliphatic carbocycles. The number of carbonyl (C=O) groups is 1. The molecule has 0 bridgehead atoms. The molecule has 0 heterocycles. The zero-order chi connectivity index (χ0) is 13.2. The Bertz CT molecular complexity index is 413. The average Bonchev–Trinajstić information content (AvgIpc) is 2.08. The van der Waals surface area contributed by atoms with Crippen LogP contribution in [0.15, 0.2) is 16.6 Å². The summed E-state index contributed by atoms with van der Waals surface area (Å²) in [5.74, 6) is -0.00498. The summed E-state index contributed by atoms with van der Waals surface area (Å²) in [6.07, 6.45) is 0.474. The molecule has 0 unspecified atom stereocenters. The van der Waals surface area contributed by atoms with Gasteiger partial charge in [-0.1, -0.05) is 36.7 Å². The highest BCUT2D eigenvalue weighted by atomic mass is 79.9. The van der Waals surface area contributed by atoms with Gasteiger partial charge in [0.2, 0.25) is 5.91 Å². The van der Waals surface area contributed by atoms with Crippen LogP contribution in [0, 0.1) is 12.3 Å². The van der Waals surface area contributed by atoms with E-state index in [1.807, 2.05) is 33.8 Å². The number of rotatable bonds is 2. The number of hydrogen-bond donors (Lipinski definition) is 2. The summed E-state index contributed by atoms with van der Waals surface area (Å²) in [6.45, 7) is 8.02. The van der Waals surface area contributed by atoms with Gasteiger partial charge >= 0.3 is 0 Å². The van der Waals surface area contributed by atoms with E-state index in [9.17, 15) is 4.79 Å². The second-order valence-corrected chi connectivity index (χ2v) is 6.39. The van der Waals surface area contributed by atoms with E-state index in [4.69, 9.17) is 5.73 Å². The van der Waals surface area contributed by atoms with Crippen LogP contribution in [-0.2, 0) is 4.79 Å². The number of nitrogens with two attached hydrogens (primary N) is 1. The van der Waals surface area contributed by atoms with Gasteiger partial charge in [0.05, 0.1) is 11.4 Å². The van der Waals surface area contributed by atoms with Gasteiger partial charge in [0, 0.05) is 10.9 Å². The molecule has 1 rings (SSSR count). The second-order valence-electron chi connectivity index (χ2n) is 5.47. The summed E-state index contributed by atoms with van der Waals surface area (Å²) in [5.41, 5.74) is 8.11. The lowest BCUT2D eigenvalue weighted by atomic mass is 9.92. The van der Waals surface area contributed by atoms with E-state index in [2.05, 4.69) is 21.2 Å². The Hall–Kier alpha value is -1.03. The first-order chi connectivity index (χ1) is 7.69. The number of nitrogen functional groups attached to an aromatic ring is 1. The third-order valence-corrected chi connectivity index (χ3v) is 2.74. The molecular weight excluding hydrogens is 280 g/mol. The zero-order valence-corrected chi connectivity index (χ0v) is 12.3. The fraction of sp³-hybridized carbons (Fsp3) is 0.462. The molecule has 0 atom stereocenters. The summed E-state index contributed by atoms with van der Waals surface area (Å²) in [7, 11) is 0. The smallest absolute Gasteiger partial charge is 0.224 e.